The lowest BCUT2D eigenvalue weighted by Gasteiger charge is -2.33. The summed E-state index contributed by atoms with van der Waals surface area (Å²) in [6.45, 7) is 5.71. The molecule has 126 valence electrons. The van der Waals surface area contributed by atoms with Crippen LogP contribution in [0.5, 0.6) is 0 Å². The fraction of sp³-hybridized carbons (Fsp3) is 0.786. The van der Waals surface area contributed by atoms with Crippen molar-refractivity contribution >= 4 is 17.9 Å². The van der Waals surface area contributed by atoms with Crippen molar-refractivity contribution in [3.63, 3.8) is 0 Å². The first-order valence-electron chi connectivity index (χ1n) is 7.12. The van der Waals surface area contributed by atoms with E-state index in [9.17, 15) is 14.4 Å². The SMILES string of the molecule is COCOCCCN1C(=O)CN(C(=O)OC(C)(C)C)CC1=O. The molecule has 0 aliphatic carbocycles. The summed E-state index contributed by atoms with van der Waals surface area (Å²) >= 11 is 0. The van der Waals surface area contributed by atoms with Gasteiger partial charge in [0.2, 0.25) is 11.8 Å². The smallest absolute Gasteiger partial charge is 0.411 e. The normalized spacial score (nSPS) is 16.2. The molecule has 1 saturated heterocycles. The van der Waals surface area contributed by atoms with E-state index in [2.05, 4.69) is 0 Å². The van der Waals surface area contributed by atoms with Crippen LogP contribution >= 0.6 is 0 Å². The van der Waals surface area contributed by atoms with E-state index in [1.54, 1.807) is 20.8 Å². The van der Waals surface area contributed by atoms with E-state index >= 15 is 0 Å². The third kappa shape index (κ3) is 5.98. The van der Waals surface area contributed by atoms with Crippen molar-refractivity contribution in [2.75, 3.05) is 40.1 Å². The molecule has 0 aromatic rings. The zero-order valence-corrected chi connectivity index (χ0v) is 13.6. The maximum Gasteiger partial charge on any atom is 0.411 e. The predicted molar refractivity (Wildman–Crippen MR) is 77.0 cm³/mol. The molecule has 1 fully saturated rings. The van der Waals surface area contributed by atoms with Crippen LogP contribution < -0.4 is 0 Å². The Hall–Kier alpha value is -1.67. The van der Waals surface area contributed by atoms with Gasteiger partial charge < -0.3 is 14.2 Å². The van der Waals surface area contributed by atoms with Crippen LogP contribution in [0.25, 0.3) is 0 Å². The number of hydrogen-bond donors (Lipinski definition) is 0. The van der Waals surface area contributed by atoms with Crippen LogP contribution in [0.4, 0.5) is 4.79 Å². The first kappa shape index (κ1) is 18.4. The maximum absolute atomic E-state index is 12.0. The largest absolute Gasteiger partial charge is 0.444 e. The Morgan fingerprint density at radius 1 is 1.18 bits per heavy atom. The Morgan fingerprint density at radius 3 is 2.27 bits per heavy atom. The number of hydrogen-bond acceptors (Lipinski definition) is 6. The molecule has 22 heavy (non-hydrogen) atoms. The lowest BCUT2D eigenvalue weighted by Crippen LogP contribution is -2.56. The number of carbonyl (C=O) groups is 3. The van der Waals surface area contributed by atoms with Crippen LogP contribution in [0.2, 0.25) is 0 Å². The van der Waals surface area contributed by atoms with Gasteiger partial charge in [-0.15, -0.1) is 0 Å². The molecule has 0 N–H and O–H groups in total. The highest BCUT2D eigenvalue weighted by Gasteiger charge is 2.35. The highest BCUT2D eigenvalue weighted by molar-refractivity contribution is 6.01. The summed E-state index contributed by atoms with van der Waals surface area (Å²) in [7, 11) is 1.52. The van der Waals surface area contributed by atoms with Crippen LogP contribution in [0.1, 0.15) is 27.2 Å². The van der Waals surface area contributed by atoms with Crippen molar-refractivity contribution in [1.82, 2.24) is 9.80 Å². The summed E-state index contributed by atoms with van der Waals surface area (Å²) in [5.74, 6) is -0.817. The molecule has 1 rings (SSSR count). The van der Waals surface area contributed by atoms with E-state index in [1.807, 2.05) is 0 Å². The summed E-state index contributed by atoms with van der Waals surface area (Å²) in [6.07, 6.45) is -0.134. The summed E-state index contributed by atoms with van der Waals surface area (Å²) in [6, 6.07) is 0. The molecule has 8 heteroatoms. The van der Waals surface area contributed by atoms with Gasteiger partial charge in [-0.1, -0.05) is 0 Å². The number of imide groups is 1. The molecule has 0 atom stereocenters. The highest BCUT2D eigenvalue weighted by atomic mass is 16.7. The lowest BCUT2D eigenvalue weighted by atomic mass is 10.2. The Morgan fingerprint density at radius 2 is 1.77 bits per heavy atom. The van der Waals surface area contributed by atoms with Gasteiger partial charge in [0.05, 0.1) is 6.61 Å². The zero-order valence-electron chi connectivity index (χ0n) is 13.6. The Balaban J connectivity index is 2.46. The number of ether oxygens (including phenoxy) is 3. The fourth-order valence-corrected chi connectivity index (χ4v) is 1.86. The molecule has 3 amide bonds. The van der Waals surface area contributed by atoms with Crippen LogP contribution in [-0.2, 0) is 23.8 Å². The number of nitrogens with zero attached hydrogens (tertiary/aromatic N) is 2. The van der Waals surface area contributed by atoms with Gasteiger partial charge in [-0.2, -0.15) is 0 Å². The molecule has 0 aromatic heterocycles. The third-order valence-electron chi connectivity index (χ3n) is 2.78. The van der Waals surface area contributed by atoms with Crippen molar-refractivity contribution in [2.45, 2.75) is 32.8 Å². The number of carbonyl (C=O) groups excluding carboxylic acids is 3. The molecule has 0 spiro atoms. The summed E-state index contributed by atoms with van der Waals surface area (Å²) in [4.78, 5) is 38.1. The van der Waals surface area contributed by atoms with E-state index in [0.717, 1.165) is 9.80 Å². The molecule has 1 aliphatic heterocycles. The number of methoxy groups -OCH3 is 1. The standard InChI is InChI=1S/C14H24N2O6/c1-14(2,3)22-13(19)15-8-11(17)16(12(18)9-15)6-5-7-21-10-20-4/h5-10H2,1-4H3. The van der Waals surface area contributed by atoms with Crippen LogP contribution in [0.3, 0.4) is 0 Å². The van der Waals surface area contributed by atoms with Gasteiger partial charge in [-0.05, 0) is 27.2 Å². The Labute approximate surface area is 130 Å². The summed E-state index contributed by atoms with van der Waals surface area (Å²) < 4.78 is 15.0. The first-order valence-corrected chi connectivity index (χ1v) is 7.12. The monoisotopic (exact) mass is 316 g/mol. The molecule has 8 nitrogen and oxygen atoms in total. The van der Waals surface area contributed by atoms with Crippen LogP contribution in [0, 0.1) is 0 Å². The van der Waals surface area contributed by atoms with Gasteiger partial charge >= 0.3 is 6.09 Å². The van der Waals surface area contributed by atoms with Crippen molar-refractivity contribution in [3.05, 3.63) is 0 Å². The number of piperazine rings is 1. The van der Waals surface area contributed by atoms with Crippen molar-refractivity contribution in [2.24, 2.45) is 0 Å². The van der Waals surface area contributed by atoms with Crippen molar-refractivity contribution < 1.29 is 28.6 Å². The maximum atomic E-state index is 12.0. The van der Waals surface area contributed by atoms with Crippen molar-refractivity contribution in [3.8, 4) is 0 Å². The average molecular weight is 316 g/mol. The van der Waals surface area contributed by atoms with Gasteiger partial charge in [-0.3, -0.25) is 19.4 Å². The minimum atomic E-state index is -0.668. The highest BCUT2D eigenvalue weighted by Crippen LogP contribution is 2.13. The van der Waals surface area contributed by atoms with Gasteiger partial charge in [0.25, 0.3) is 0 Å². The predicted octanol–water partition coefficient (Wildman–Crippen LogP) is 0.603. The second-order valence-electron chi connectivity index (χ2n) is 5.94. The molecule has 0 aromatic carbocycles. The van der Waals surface area contributed by atoms with E-state index in [-0.39, 0.29) is 26.4 Å². The van der Waals surface area contributed by atoms with Crippen molar-refractivity contribution in [1.29, 1.82) is 0 Å². The van der Waals surface area contributed by atoms with Gasteiger partial charge in [0, 0.05) is 13.7 Å². The summed E-state index contributed by atoms with van der Waals surface area (Å²) in [5, 5.41) is 0. The Bertz CT molecular complexity index is 400. The molecular formula is C14H24N2O6. The third-order valence-corrected chi connectivity index (χ3v) is 2.78. The average Bonchev–Trinajstić information content (AvgIpc) is 2.39. The van der Waals surface area contributed by atoms with Gasteiger partial charge in [0.15, 0.2) is 0 Å². The molecule has 1 heterocycles. The molecule has 0 radical (unpaired) electrons. The topological polar surface area (TPSA) is 85.4 Å². The van der Waals surface area contributed by atoms with E-state index < -0.39 is 23.5 Å². The first-order chi connectivity index (χ1) is 10.2. The summed E-state index contributed by atoms with van der Waals surface area (Å²) in [5.41, 5.74) is -0.668. The lowest BCUT2D eigenvalue weighted by molar-refractivity contribution is -0.151. The van der Waals surface area contributed by atoms with Crippen LogP contribution in [0.15, 0.2) is 0 Å². The quantitative estimate of drug-likeness (QED) is 0.405. The van der Waals surface area contributed by atoms with Crippen LogP contribution in [-0.4, -0.2) is 73.5 Å². The minimum Gasteiger partial charge on any atom is -0.444 e. The molecular weight excluding hydrogens is 292 g/mol. The Kier molecular flexibility index (Phi) is 6.76. The minimum absolute atomic E-state index is 0.153. The second kappa shape index (κ2) is 8.09. The van der Waals surface area contributed by atoms with Gasteiger partial charge in [-0.25, -0.2) is 4.79 Å². The van der Waals surface area contributed by atoms with E-state index in [1.165, 1.54) is 7.11 Å². The number of rotatable bonds is 6. The molecule has 0 bridgehead atoms. The molecule has 1 aliphatic rings. The molecule has 0 saturated carbocycles. The fourth-order valence-electron chi connectivity index (χ4n) is 1.86. The van der Waals surface area contributed by atoms with E-state index in [4.69, 9.17) is 14.2 Å². The number of amides is 3. The van der Waals surface area contributed by atoms with E-state index in [0.29, 0.717) is 13.0 Å². The second-order valence-corrected chi connectivity index (χ2v) is 5.94. The zero-order chi connectivity index (χ0) is 16.8. The van der Waals surface area contributed by atoms with Gasteiger partial charge in [0.1, 0.15) is 25.5 Å². The molecule has 0 unspecified atom stereocenters.